The third-order valence-corrected chi connectivity index (χ3v) is 3.39. The summed E-state index contributed by atoms with van der Waals surface area (Å²) in [6, 6.07) is 3.08. The zero-order chi connectivity index (χ0) is 10.7. The van der Waals surface area contributed by atoms with Crippen LogP contribution in [0.4, 0.5) is 0 Å². The molecule has 84 valence electrons. The Kier molecular flexibility index (Phi) is 3.47. The minimum Gasteiger partial charge on any atom is -0.467 e. The van der Waals surface area contributed by atoms with Gasteiger partial charge in [0, 0.05) is 6.04 Å². The van der Waals surface area contributed by atoms with Crippen LogP contribution in [-0.2, 0) is 0 Å². The maximum atomic E-state index is 5.51. The molecule has 1 heterocycles. The van der Waals surface area contributed by atoms with Crippen molar-refractivity contribution in [1.29, 1.82) is 0 Å². The number of nitrogens with one attached hydrogen (secondary N) is 1. The lowest BCUT2D eigenvalue weighted by atomic mass is 9.94. The second kappa shape index (κ2) is 4.84. The molecule has 1 unspecified atom stereocenters. The molecule has 1 saturated carbocycles. The van der Waals surface area contributed by atoms with Gasteiger partial charge in [-0.15, -0.1) is 0 Å². The van der Waals surface area contributed by atoms with E-state index in [0.29, 0.717) is 12.1 Å². The highest BCUT2D eigenvalue weighted by molar-refractivity contribution is 5.17. The third kappa shape index (κ3) is 2.63. The molecular weight excluding hydrogens is 186 g/mol. The van der Waals surface area contributed by atoms with Crippen molar-refractivity contribution in [2.75, 3.05) is 0 Å². The highest BCUT2D eigenvalue weighted by atomic mass is 16.3. The second-order valence-electron chi connectivity index (χ2n) is 4.69. The van der Waals surface area contributed by atoms with Crippen molar-refractivity contribution >= 4 is 0 Å². The molecule has 0 saturated heterocycles. The van der Waals surface area contributed by atoms with E-state index < -0.39 is 0 Å². The standard InChI is InChI=1S/C13H21NO/c1-10-8-9-15-13(10)11(2)14-12-6-4-3-5-7-12/h8-9,11-12,14H,3-7H2,1-2H3. The van der Waals surface area contributed by atoms with Gasteiger partial charge in [-0.2, -0.15) is 0 Å². The maximum Gasteiger partial charge on any atom is 0.123 e. The molecule has 2 rings (SSSR count). The summed E-state index contributed by atoms with van der Waals surface area (Å²) in [4.78, 5) is 0. The molecule has 0 radical (unpaired) electrons. The van der Waals surface area contributed by atoms with Crippen molar-refractivity contribution in [3.63, 3.8) is 0 Å². The van der Waals surface area contributed by atoms with Crippen LogP contribution in [0.1, 0.15) is 56.4 Å². The molecule has 1 aliphatic rings. The van der Waals surface area contributed by atoms with Crippen molar-refractivity contribution in [2.45, 2.75) is 58.0 Å². The Bertz CT molecular complexity index is 299. The monoisotopic (exact) mass is 207 g/mol. The van der Waals surface area contributed by atoms with E-state index in [4.69, 9.17) is 4.42 Å². The zero-order valence-corrected chi connectivity index (χ0v) is 9.75. The van der Waals surface area contributed by atoms with Crippen LogP contribution in [0.5, 0.6) is 0 Å². The first-order valence-electron chi connectivity index (χ1n) is 6.07. The molecule has 0 amide bonds. The Balaban J connectivity index is 1.91. The summed E-state index contributed by atoms with van der Waals surface area (Å²) in [5.74, 6) is 1.10. The Morgan fingerprint density at radius 3 is 2.67 bits per heavy atom. The number of furan rings is 1. The Labute approximate surface area is 92.1 Å². The van der Waals surface area contributed by atoms with Crippen LogP contribution in [0.2, 0.25) is 0 Å². The van der Waals surface area contributed by atoms with Gasteiger partial charge in [-0.25, -0.2) is 0 Å². The first-order valence-corrected chi connectivity index (χ1v) is 6.07. The minimum absolute atomic E-state index is 0.350. The lowest BCUT2D eigenvalue weighted by molar-refractivity contribution is 0.322. The normalized spacial score (nSPS) is 20.4. The average Bonchev–Trinajstić information content (AvgIpc) is 2.66. The third-order valence-electron chi connectivity index (χ3n) is 3.39. The summed E-state index contributed by atoms with van der Waals surface area (Å²) in [6.07, 6.45) is 8.59. The molecule has 1 aliphatic carbocycles. The Morgan fingerprint density at radius 1 is 1.33 bits per heavy atom. The second-order valence-corrected chi connectivity index (χ2v) is 4.69. The summed E-state index contributed by atoms with van der Waals surface area (Å²) in [5, 5.41) is 3.67. The number of hydrogen-bond acceptors (Lipinski definition) is 2. The van der Waals surface area contributed by atoms with Gasteiger partial charge in [-0.05, 0) is 38.3 Å². The van der Waals surface area contributed by atoms with Gasteiger partial charge < -0.3 is 9.73 Å². The molecule has 0 spiro atoms. The van der Waals surface area contributed by atoms with Crippen LogP contribution in [0, 0.1) is 6.92 Å². The van der Waals surface area contributed by atoms with E-state index in [-0.39, 0.29) is 0 Å². The van der Waals surface area contributed by atoms with Crippen LogP contribution in [-0.4, -0.2) is 6.04 Å². The van der Waals surface area contributed by atoms with Crippen LogP contribution in [0.3, 0.4) is 0 Å². The van der Waals surface area contributed by atoms with Crippen molar-refractivity contribution in [1.82, 2.24) is 5.32 Å². The van der Waals surface area contributed by atoms with Gasteiger partial charge >= 0.3 is 0 Å². The van der Waals surface area contributed by atoms with Crippen molar-refractivity contribution in [3.8, 4) is 0 Å². The highest BCUT2D eigenvalue weighted by Crippen LogP contribution is 2.23. The van der Waals surface area contributed by atoms with Gasteiger partial charge in [0.2, 0.25) is 0 Å². The predicted octanol–water partition coefficient (Wildman–Crippen LogP) is 3.57. The molecule has 1 fully saturated rings. The van der Waals surface area contributed by atoms with Crippen molar-refractivity contribution in [3.05, 3.63) is 23.7 Å². The van der Waals surface area contributed by atoms with Gasteiger partial charge in [0.1, 0.15) is 5.76 Å². The van der Waals surface area contributed by atoms with Crippen LogP contribution < -0.4 is 5.32 Å². The van der Waals surface area contributed by atoms with E-state index in [1.54, 1.807) is 6.26 Å². The Morgan fingerprint density at radius 2 is 2.07 bits per heavy atom. The summed E-state index contributed by atoms with van der Waals surface area (Å²) in [6.45, 7) is 4.30. The molecule has 1 aromatic rings. The van der Waals surface area contributed by atoms with Crippen LogP contribution in [0.25, 0.3) is 0 Å². The molecule has 2 heteroatoms. The van der Waals surface area contributed by atoms with Crippen molar-refractivity contribution < 1.29 is 4.42 Å². The van der Waals surface area contributed by atoms with Gasteiger partial charge in [-0.1, -0.05) is 19.3 Å². The first-order chi connectivity index (χ1) is 7.27. The van der Waals surface area contributed by atoms with E-state index in [9.17, 15) is 0 Å². The van der Waals surface area contributed by atoms with Gasteiger partial charge in [0.05, 0.1) is 12.3 Å². The number of rotatable bonds is 3. The van der Waals surface area contributed by atoms with E-state index >= 15 is 0 Å². The predicted molar refractivity (Wildman–Crippen MR) is 61.9 cm³/mol. The smallest absolute Gasteiger partial charge is 0.123 e. The summed E-state index contributed by atoms with van der Waals surface area (Å²) in [5.41, 5.74) is 1.26. The fraction of sp³-hybridized carbons (Fsp3) is 0.692. The summed E-state index contributed by atoms with van der Waals surface area (Å²) >= 11 is 0. The lowest BCUT2D eigenvalue weighted by Crippen LogP contribution is -2.33. The molecule has 0 aliphatic heterocycles. The topological polar surface area (TPSA) is 25.2 Å². The number of aryl methyl sites for hydroxylation is 1. The molecule has 1 aromatic heterocycles. The maximum absolute atomic E-state index is 5.51. The van der Waals surface area contributed by atoms with Crippen LogP contribution >= 0.6 is 0 Å². The van der Waals surface area contributed by atoms with Gasteiger partial charge in [0.15, 0.2) is 0 Å². The molecule has 0 aromatic carbocycles. The molecule has 2 nitrogen and oxygen atoms in total. The molecule has 1 N–H and O–H groups in total. The minimum atomic E-state index is 0.350. The quantitative estimate of drug-likeness (QED) is 0.819. The average molecular weight is 207 g/mol. The van der Waals surface area contributed by atoms with Gasteiger partial charge in [0.25, 0.3) is 0 Å². The van der Waals surface area contributed by atoms with E-state index in [1.165, 1.54) is 37.7 Å². The van der Waals surface area contributed by atoms with Crippen molar-refractivity contribution in [2.24, 2.45) is 0 Å². The number of hydrogen-bond donors (Lipinski definition) is 1. The molecule has 1 atom stereocenters. The molecular formula is C13H21NO. The summed E-state index contributed by atoms with van der Waals surface area (Å²) in [7, 11) is 0. The first kappa shape index (κ1) is 10.7. The fourth-order valence-electron chi connectivity index (χ4n) is 2.53. The molecule has 0 bridgehead atoms. The SMILES string of the molecule is Cc1ccoc1C(C)NC1CCCCC1. The van der Waals surface area contributed by atoms with E-state index in [2.05, 4.69) is 19.2 Å². The lowest BCUT2D eigenvalue weighted by Gasteiger charge is -2.26. The summed E-state index contributed by atoms with van der Waals surface area (Å²) < 4.78 is 5.51. The fourth-order valence-corrected chi connectivity index (χ4v) is 2.53. The highest BCUT2D eigenvalue weighted by Gasteiger charge is 2.18. The van der Waals surface area contributed by atoms with Crippen LogP contribution in [0.15, 0.2) is 16.7 Å². The largest absolute Gasteiger partial charge is 0.467 e. The Hall–Kier alpha value is -0.760. The van der Waals surface area contributed by atoms with Gasteiger partial charge in [-0.3, -0.25) is 0 Å². The molecule has 15 heavy (non-hydrogen) atoms. The zero-order valence-electron chi connectivity index (χ0n) is 9.75. The van der Waals surface area contributed by atoms with E-state index in [1.807, 2.05) is 6.07 Å². The van der Waals surface area contributed by atoms with E-state index in [0.717, 1.165) is 5.76 Å².